The molecule has 0 radical (unpaired) electrons. The lowest BCUT2D eigenvalue weighted by atomic mass is 10.0. The van der Waals surface area contributed by atoms with E-state index in [0.29, 0.717) is 11.5 Å². The standard InChI is InChI=1S/C17H16N6O2/c1-10-7-12(16(18)24)14(8-11(10)2)20-17(25)13-3-4-15(22-21-13)23-6-5-19-9-23/h3-9H,1-2H3,(H2,18,24)(H,20,25). The van der Waals surface area contributed by atoms with E-state index in [1.165, 1.54) is 0 Å². The number of hydrogen-bond acceptors (Lipinski definition) is 5. The highest BCUT2D eigenvalue weighted by Gasteiger charge is 2.15. The van der Waals surface area contributed by atoms with Gasteiger partial charge in [0, 0.05) is 12.4 Å². The van der Waals surface area contributed by atoms with Crippen LogP contribution in [0, 0.1) is 13.8 Å². The lowest BCUT2D eigenvalue weighted by molar-refractivity contribution is 0.100. The Labute approximate surface area is 143 Å². The van der Waals surface area contributed by atoms with Crippen LogP contribution < -0.4 is 11.1 Å². The van der Waals surface area contributed by atoms with Crippen molar-refractivity contribution in [2.75, 3.05) is 5.32 Å². The van der Waals surface area contributed by atoms with Crippen LogP contribution in [0.3, 0.4) is 0 Å². The van der Waals surface area contributed by atoms with Crippen LogP contribution in [0.5, 0.6) is 0 Å². The maximum atomic E-state index is 12.4. The third kappa shape index (κ3) is 3.37. The van der Waals surface area contributed by atoms with Crippen molar-refractivity contribution < 1.29 is 9.59 Å². The minimum Gasteiger partial charge on any atom is -0.366 e. The van der Waals surface area contributed by atoms with Gasteiger partial charge in [-0.2, -0.15) is 0 Å². The molecule has 0 aliphatic carbocycles. The number of rotatable bonds is 4. The Morgan fingerprint density at radius 3 is 2.48 bits per heavy atom. The van der Waals surface area contributed by atoms with Crippen LogP contribution >= 0.6 is 0 Å². The largest absolute Gasteiger partial charge is 0.366 e. The minimum atomic E-state index is -0.611. The van der Waals surface area contributed by atoms with E-state index in [0.717, 1.165) is 11.1 Å². The van der Waals surface area contributed by atoms with E-state index in [2.05, 4.69) is 20.5 Å². The third-order valence-electron chi connectivity index (χ3n) is 3.80. The third-order valence-corrected chi connectivity index (χ3v) is 3.80. The van der Waals surface area contributed by atoms with E-state index in [1.807, 2.05) is 13.8 Å². The average Bonchev–Trinajstić information content (AvgIpc) is 3.12. The van der Waals surface area contributed by atoms with Crippen molar-refractivity contribution in [2.45, 2.75) is 13.8 Å². The Morgan fingerprint density at radius 2 is 1.88 bits per heavy atom. The summed E-state index contributed by atoms with van der Waals surface area (Å²) in [5, 5.41) is 10.6. The first-order chi connectivity index (χ1) is 12.0. The molecular weight excluding hydrogens is 320 g/mol. The van der Waals surface area contributed by atoms with Crippen molar-refractivity contribution in [3.05, 3.63) is 65.4 Å². The number of hydrogen-bond donors (Lipinski definition) is 2. The summed E-state index contributed by atoms with van der Waals surface area (Å²) < 4.78 is 1.67. The first-order valence-electron chi connectivity index (χ1n) is 7.50. The summed E-state index contributed by atoms with van der Waals surface area (Å²) >= 11 is 0. The number of amides is 2. The van der Waals surface area contributed by atoms with E-state index >= 15 is 0 Å². The van der Waals surface area contributed by atoms with Crippen LogP contribution in [0.25, 0.3) is 5.82 Å². The van der Waals surface area contributed by atoms with Crippen LogP contribution in [-0.4, -0.2) is 31.6 Å². The molecule has 2 amide bonds. The van der Waals surface area contributed by atoms with Gasteiger partial charge < -0.3 is 11.1 Å². The second-order valence-electron chi connectivity index (χ2n) is 5.55. The number of primary amides is 1. The number of carbonyl (C=O) groups is 2. The Balaban J connectivity index is 1.85. The minimum absolute atomic E-state index is 0.123. The number of aromatic nitrogens is 4. The van der Waals surface area contributed by atoms with Gasteiger partial charge in [-0.05, 0) is 49.2 Å². The zero-order chi connectivity index (χ0) is 18.0. The number of nitrogens with two attached hydrogens (primary N) is 1. The molecule has 0 spiro atoms. The molecule has 0 unspecified atom stereocenters. The van der Waals surface area contributed by atoms with Gasteiger partial charge in [0.15, 0.2) is 11.5 Å². The summed E-state index contributed by atoms with van der Waals surface area (Å²) in [5.41, 5.74) is 7.96. The molecule has 8 nitrogen and oxygen atoms in total. The maximum absolute atomic E-state index is 12.4. The predicted octanol–water partition coefficient (Wildman–Crippen LogP) is 1.63. The molecule has 126 valence electrons. The Kier molecular flexibility index (Phi) is 4.25. The summed E-state index contributed by atoms with van der Waals surface area (Å²) in [5.74, 6) is -0.548. The molecule has 25 heavy (non-hydrogen) atoms. The average molecular weight is 336 g/mol. The summed E-state index contributed by atoms with van der Waals surface area (Å²) in [6, 6.07) is 6.56. The first kappa shape index (κ1) is 16.3. The molecule has 3 N–H and O–H groups in total. The zero-order valence-electron chi connectivity index (χ0n) is 13.7. The first-order valence-corrected chi connectivity index (χ1v) is 7.50. The number of carbonyl (C=O) groups excluding carboxylic acids is 2. The number of nitrogens with zero attached hydrogens (tertiary/aromatic N) is 4. The fourth-order valence-corrected chi connectivity index (χ4v) is 2.29. The fourth-order valence-electron chi connectivity index (χ4n) is 2.29. The van der Waals surface area contributed by atoms with Crippen molar-refractivity contribution >= 4 is 17.5 Å². The summed E-state index contributed by atoms with van der Waals surface area (Å²) in [7, 11) is 0. The normalized spacial score (nSPS) is 10.5. The molecule has 8 heteroatoms. The summed E-state index contributed by atoms with van der Waals surface area (Å²) in [6.45, 7) is 3.75. The Hall–Kier alpha value is -3.55. The highest BCUT2D eigenvalue weighted by molar-refractivity contribution is 6.08. The smallest absolute Gasteiger partial charge is 0.276 e. The summed E-state index contributed by atoms with van der Waals surface area (Å²) in [6.07, 6.45) is 4.92. The quantitative estimate of drug-likeness (QED) is 0.751. The fraction of sp³-hybridized carbons (Fsp3) is 0.118. The molecule has 3 rings (SSSR count). The molecule has 0 aliphatic rings. The Bertz CT molecular complexity index is 933. The molecular formula is C17H16N6O2. The van der Waals surface area contributed by atoms with Gasteiger partial charge in [0.2, 0.25) is 0 Å². The van der Waals surface area contributed by atoms with E-state index in [9.17, 15) is 9.59 Å². The zero-order valence-corrected chi connectivity index (χ0v) is 13.7. The molecule has 1 aromatic carbocycles. The van der Waals surface area contributed by atoms with Crippen molar-refractivity contribution in [1.82, 2.24) is 19.7 Å². The number of aryl methyl sites for hydroxylation is 2. The molecule has 0 aliphatic heterocycles. The highest BCUT2D eigenvalue weighted by atomic mass is 16.2. The molecule has 0 saturated carbocycles. The van der Waals surface area contributed by atoms with E-state index < -0.39 is 11.8 Å². The molecule has 2 aromatic heterocycles. The van der Waals surface area contributed by atoms with Gasteiger partial charge in [0.1, 0.15) is 6.33 Å². The van der Waals surface area contributed by atoms with Crippen molar-refractivity contribution in [1.29, 1.82) is 0 Å². The van der Waals surface area contributed by atoms with E-state index in [1.54, 1.807) is 47.6 Å². The lowest BCUT2D eigenvalue weighted by Crippen LogP contribution is -2.20. The van der Waals surface area contributed by atoms with Gasteiger partial charge in [-0.1, -0.05) is 0 Å². The molecule has 2 heterocycles. The molecule has 0 atom stereocenters. The summed E-state index contributed by atoms with van der Waals surface area (Å²) in [4.78, 5) is 27.9. The number of anilines is 1. The van der Waals surface area contributed by atoms with Crippen molar-refractivity contribution in [3.63, 3.8) is 0 Å². The van der Waals surface area contributed by atoms with Crippen molar-refractivity contribution in [2.24, 2.45) is 5.73 Å². The van der Waals surface area contributed by atoms with Crippen LogP contribution in [-0.2, 0) is 0 Å². The highest BCUT2D eigenvalue weighted by Crippen LogP contribution is 2.21. The molecule has 0 saturated heterocycles. The number of benzene rings is 1. The van der Waals surface area contributed by atoms with Crippen molar-refractivity contribution in [3.8, 4) is 5.82 Å². The van der Waals surface area contributed by atoms with Gasteiger partial charge in [0.25, 0.3) is 11.8 Å². The second kappa shape index (κ2) is 6.52. The van der Waals surface area contributed by atoms with Gasteiger partial charge in [-0.15, -0.1) is 10.2 Å². The van der Waals surface area contributed by atoms with Crippen LogP contribution in [0.4, 0.5) is 5.69 Å². The molecule has 0 fully saturated rings. The molecule has 3 aromatic rings. The van der Waals surface area contributed by atoms with E-state index in [-0.39, 0.29) is 11.3 Å². The maximum Gasteiger partial charge on any atom is 0.276 e. The van der Waals surface area contributed by atoms with Gasteiger partial charge >= 0.3 is 0 Å². The van der Waals surface area contributed by atoms with Crippen LogP contribution in [0.1, 0.15) is 32.0 Å². The monoisotopic (exact) mass is 336 g/mol. The van der Waals surface area contributed by atoms with Crippen LogP contribution in [0.15, 0.2) is 43.0 Å². The van der Waals surface area contributed by atoms with Gasteiger partial charge in [0.05, 0.1) is 11.3 Å². The lowest BCUT2D eigenvalue weighted by Gasteiger charge is -2.11. The molecule has 0 bridgehead atoms. The van der Waals surface area contributed by atoms with Gasteiger partial charge in [-0.25, -0.2) is 4.98 Å². The Morgan fingerprint density at radius 1 is 1.12 bits per heavy atom. The topological polar surface area (TPSA) is 116 Å². The predicted molar refractivity (Wildman–Crippen MR) is 91.5 cm³/mol. The SMILES string of the molecule is Cc1cc(NC(=O)c2ccc(-n3ccnc3)nn2)c(C(N)=O)cc1C. The van der Waals surface area contributed by atoms with E-state index in [4.69, 9.17) is 5.73 Å². The van der Waals surface area contributed by atoms with Gasteiger partial charge in [-0.3, -0.25) is 14.2 Å². The van der Waals surface area contributed by atoms with Crippen LogP contribution in [0.2, 0.25) is 0 Å². The second-order valence-corrected chi connectivity index (χ2v) is 5.55. The number of nitrogens with one attached hydrogen (secondary N) is 1. The number of imidazole rings is 1.